The smallest absolute Gasteiger partial charge is 0.0712 e. The average Bonchev–Trinajstić information content (AvgIpc) is 2.77. The molecular weight excluding hydrogens is 491 g/mol. The number of para-hydroxylation sites is 1. The highest BCUT2D eigenvalue weighted by molar-refractivity contribution is 14.1. The second-order valence-electron chi connectivity index (χ2n) is 7.04. The van der Waals surface area contributed by atoms with Crippen LogP contribution in [-0.2, 0) is 0 Å². The normalized spacial score (nSPS) is 11.0. The summed E-state index contributed by atoms with van der Waals surface area (Å²) in [5.41, 5.74) is 6.74. The first-order valence-electron chi connectivity index (χ1n) is 10.5. The SMILES string of the molecule is C=C.C=C(C)/C(=C\C)c1cc(C)c2ccccc2n1.CCC(C)I.Cc1ccncc1. The quantitative estimate of drug-likeness (QED) is 0.147. The zero-order valence-corrected chi connectivity index (χ0v) is 22.1. The van der Waals surface area contributed by atoms with Gasteiger partial charge in [-0.3, -0.25) is 4.98 Å². The van der Waals surface area contributed by atoms with Gasteiger partial charge in [-0.15, -0.1) is 13.2 Å². The molecule has 1 atom stereocenters. The highest BCUT2D eigenvalue weighted by Gasteiger charge is 2.06. The Morgan fingerprint density at radius 3 is 2.06 bits per heavy atom. The second-order valence-corrected chi connectivity index (χ2v) is 9.16. The number of hydrogen-bond donors (Lipinski definition) is 0. The van der Waals surface area contributed by atoms with E-state index in [1.54, 1.807) is 12.4 Å². The Balaban J connectivity index is 0.000000530. The van der Waals surface area contributed by atoms with Crippen molar-refractivity contribution in [3.05, 3.63) is 103 Å². The van der Waals surface area contributed by atoms with Crippen molar-refractivity contribution in [3.8, 4) is 0 Å². The molecule has 0 radical (unpaired) electrons. The van der Waals surface area contributed by atoms with Gasteiger partial charge in [0, 0.05) is 21.7 Å². The van der Waals surface area contributed by atoms with Gasteiger partial charge < -0.3 is 0 Å². The predicted octanol–water partition coefficient (Wildman–Crippen LogP) is 8.93. The summed E-state index contributed by atoms with van der Waals surface area (Å²) in [7, 11) is 0. The van der Waals surface area contributed by atoms with Crippen LogP contribution in [0, 0.1) is 13.8 Å². The van der Waals surface area contributed by atoms with Crippen molar-refractivity contribution in [3.63, 3.8) is 0 Å². The van der Waals surface area contributed by atoms with Crippen LogP contribution in [0.5, 0.6) is 0 Å². The summed E-state index contributed by atoms with van der Waals surface area (Å²) in [6.45, 7) is 22.6. The Bertz CT molecular complexity index is 944. The second kappa shape index (κ2) is 16.4. The van der Waals surface area contributed by atoms with Gasteiger partial charge in [-0.1, -0.05) is 67.3 Å². The number of rotatable bonds is 3. The Kier molecular flexibility index (Phi) is 15.2. The van der Waals surface area contributed by atoms with Crippen molar-refractivity contribution < 1.29 is 0 Å². The van der Waals surface area contributed by atoms with Gasteiger partial charge in [0.2, 0.25) is 0 Å². The molecule has 2 aromatic heterocycles. The highest BCUT2D eigenvalue weighted by Crippen LogP contribution is 2.24. The monoisotopic (exact) mass is 528 g/mol. The predicted molar refractivity (Wildman–Crippen MR) is 149 cm³/mol. The minimum atomic E-state index is 0.854. The lowest BCUT2D eigenvalue weighted by molar-refractivity contribution is 0.938. The van der Waals surface area contributed by atoms with Gasteiger partial charge in [0.25, 0.3) is 0 Å². The van der Waals surface area contributed by atoms with Crippen molar-refractivity contribution in [2.24, 2.45) is 0 Å². The number of fused-ring (bicyclic) bond motifs is 1. The number of hydrogen-bond acceptors (Lipinski definition) is 2. The molecule has 0 N–H and O–H groups in total. The van der Waals surface area contributed by atoms with Crippen LogP contribution in [0.4, 0.5) is 0 Å². The first-order chi connectivity index (χ1) is 14.8. The fourth-order valence-electron chi connectivity index (χ4n) is 2.53. The summed E-state index contributed by atoms with van der Waals surface area (Å²) in [5.74, 6) is 0. The third-order valence-corrected chi connectivity index (χ3v) is 5.24. The maximum absolute atomic E-state index is 4.70. The number of aromatic nitrogens is 2. The zero-order chi connectivity index (χ0) is 23.8. The number of alkyl halides is 1. The third-order valence-electron chi connectivity index (χ3n) is 4.36. The Hall–Kier alpha value is -2.27. The molecule has 0 bridgehead atoms. The van der Waals surface area contributed by atoms with Crippen molar-refractivity contribution in [1.29, 1.82) is 0 Å². The maximum Gasteiger partial charge on any atom is 0.0712 e. The summed E-state index contributed by atoms with van der Waals surface area (Å²) in [5, 5.41) is 1.22. The van der Waals surface area contributed by atoms with E-state index in [-0.39, 0.29) is 0 Å². The van der Waals surface area contributed by atoms with E-state index in [0.717, 1.165) is 26.3 Å². The molecule has 0 aliphatic carbocycles. The molecule has 1 unspecified atom stereocenters. The standard InChI is InChI=1S/C16H17N.C6H7N.C4H9I.C2H4/c1-5-13(11(2)3)16-10-12(4)14-8-6-7-9-15(14)17-16;1-6-2-4-7-5-3-6;1-3-4(2)5;1-2/h5-10H,2H2,1,3-4H3;2-5H,1H3;4H,3H2,1-2H3;1-2H2/b13-5+;;;. The number of nitrogens with zero attached hydrogens (tertiary/aromatic N) is 2. The van der Waals surface area contributed by atoms with E-state index in [0.29, 0.717) is 0 Å². The molecule has 0 spiro atoms. The van der Waals surface area contributed by atoms with Crippen LogP contribution in [0.3, 0.4) is 0 Å². The van der Waals surface area contributed by atoms with E-state index in [1.807, 2.05) is 45.0 Å². The molecule has 0 aliphatic rings. The lowest BCUT2D eigenvalue weighted by Crippen LogP contribution is -1.93. The van der Waals surface area contributed by atoms with Crippen LogP contribution in [0.25, 0.3) is 16.5 Å². The number of halogens is 1. The van der Waals surface area contributed by atoms with Crippen LogP contribution in [0.2, 0.25) is 0 Å². The molecule has 1 aromatic carbocycles. The fourth-order valence-corrected chi connectivity index (χ4v) is 2.53. The van der Waals surface area contributed by atoms with E-state index in [4.69, 9.17) is 4.98 Å². The Labute approximate surface area is 203 Å². The highest BCUT2D eigenvalue weighted by atomic mass is 127. The molecule has 0 saturated carbocycles. The van der Waals surface area contributed by atoms with Gasteiger partial charge in [-0.25, -0.2) is 4.98 Å². The van der Waals surface area contributed by atoms with Gasteiger partial charge in [-0.2, -0.15) is 0 Å². The summed E-state index contributed by atoms with van der Waals surface area (Å²) >= 11 is 2.41. The average molecular weight is 529 g/mol. The molecule has 3 aromatic rings. The zero-order valence-electron chi connectivity index (χ0n) is 20.0. The van der Waals surface area contributed by atoms with Gasteiger partial charge in [-0.05, 0) is 80.7 Å². The molecule has 0 fully saturated rings. The van der Waals surface area contributed by atoms with E-state index < -0.39 is 0 Å². The van der Waals surface area contributed by atoms with Crippen molar-refractivity contribution in [2.75, 3.05) is 0 Å². The lowest BCUT2D eigenvalue weighted by atomic mass is 10.0. The topological polar surface area (TPSA) is 25.8 Å². The molecule has 2 nitrogen and oxygen atoms in total. The van der Waals surface area contributed by atoms with E-state index in [9.17, 15) is 0 Å². The number of benzene rings is 1. The first kappa shape index (κ1) is 28.7. The van der Waals surface area contributed by atoms with E-state index >= 15 is 0 Å². The van der Waals surface area contributed by atoms with Gasteiger partial charge in [0.15, 0.2) is 0 Å². The minimum absolute atomic E-state index is 0.854. The van der Waals surface area contributed by atoms with Crippen LogP contribution in [0.15, 0.2) is 86.2 Å². The van der Waals surface area contributed by atoms with Crippen molar-refractivity contribution >= 4 is 39.1 Å². The molecule has 3 rings (SSSR count). The molecule has 0 saturated heterocycles. The molecule has 0 aliphatic heterocycles. The summed E-state index contributed by atoms with van der Waals surface area (Å²) in [6.07, 6.45) is 6.93. The van der Waals surface area contributed by atoms with Crippen molar-refractivity contribution in [2.45, 2.75) is 51.9 Å². The minimum Gasteiger partial charge on any atom is -0.265 e. The third kappa shape index (κ3) is 11.1. The van der Waals surface area contributed by atoms with E-state index in [2.05, 4.69) is 92.4 Å². The number of pyridine rings is 2. The molecule has 166 valence electrons. The van der Waals surface area contributed by atoms with Crippen molar-refractivity contribution in [1.82, 2.24) is 9.97 Å². The summed E-state index contributed by atoms with van der Waals surface area (Å²) in [6, 6.07) is 14.3. The van der Waals surface area contributed by atoms with Crippen LogP contribution >= 0.6 is 22.6 Å². The molecule has 31 heavy (non-hydrogen) atoms. The van der Waals surface area contributed by atoms with Gasteiger partial charge >= 0.3 is 0 Å². The molecular formula is C28H37IN2. The molecule has 0 amide bonds. The lowest BCUT2D eigenvalue weighted by Gasteiger charge is -2.09. The number of aryl methyl sites for hydroxylation is 2. The van der Waals surface area contributed by atoms with E-state index in [1.165, 1.54) is 22.9 Å². The molecule has 2 heterocycles. The Morgan fingerprint density at radius 1 is 1.10 bits per heavy atom. The number of allylic oxidation sites excluding steroid dienone is 3. The van der Waals surface area contributed by atoms with Gasteiger partial charge in [0.1, 0.15) is 0 Å². The molecule has 3 heteroatoms. The van der Waals surface area contributed by atoms with Crippen LogP contribution < -0.4 is 0 Å². The largest absolute Gasteiger partial charge is 0.265 e. The van der Waals surface area contributed by atoms with Gasteiger partial charge in [0.05, 0.1) is 11.2 Å². The summed E-state index contributed by atoms with van der Waals surface area (Å²) < 4.78 is 0.854. The fraction of sp³-hybridized carbons (Fsp3) is 0.286. The Morgan fingerprint density at radius 2 is 1.65 bits per heavy atom. The maximum atomic E-state index is 4.70. The van der Waals surface area contributed by atoms with Crippen LogP contribution in [-0.4, -0.2) is 13.9 Å². The van der Waals surface area contributed by atoms with Crippen LogP contribution in [0.1, 0.15) is 50.9 Å². The summed E-state index contributed by atoms with van der Waals surface area (Å²) in [4.78, 5) is 8.54. The first-order valence-corrected chi connectivity index (χ1v) is 11.7.